The van der Waals surface area contributed by atoms with Crippen LogP contribution in [0.25, 0.3) is 22.0 Å². The molecule has 0 amide bonds. The number of H-pyrrole nitrogens is 1. The van der Waals surface area contributed by atoms with Crippen molar-refractivity contribution in [1.82, 2.24) is 4.98 Å². The summed E-state index contributed by atoms with van der Waals surface area (Å²) in [6, 6.07) is 25.8. The average molecular weight is 371 g/mol. The average Bonchev–Trinajstić information content (AvgIpc) is 3.18. The number of benzene rings is 3. The molecule has 4 rings (SSSR count). The van der Waals surface area contributed by atoms with E-state index in [0.29, 0.717) is 18.9 Å². The van der Waals surface area contributed by atoms with Crippen LogP contribution in [0, 0.1) is 0 Å². The number of aromatic nitrogens is 1. The van der Waals surface area contributed by atoms with E-state index in [-0.39, 0.29) is 5.97 Å². The number of carbonyl (C=O) groups is 1. The second-order valence-corrected chi connectivity index (χ2v) is 6.44. The molecule has 0 aliphatic rings. The largest absolute Gasteiger partial charge is 0.488 e. The van der Waals surface area contributed by atoms with Crippen LogP contribution in [0.15, 0.2) is 78.9 Å². The molecule has 1 aromatic heterocycles. The molecule has 0 spiro atoms. The van der Waals surface area contributed by atoms with Crippen molar-refractivity contribution in [1.29, 1.82) is 0 Å². The first-order valence-corrected chi connectivity index (χ1v) is 9.31. The fourth-order valence-electron chi connectivity index (χ4n) is 3.25. The Kier molecular flexibility index (Phi) is 5.11. The lowest BCUT2D eigenvalue weighted by atomic mass is 10.0. The van der Waals surface area contributed by atoms with Crippen molar-refractivity contribution in [3.05, 3.63) is 90.1 Å². The van der Waals surface area contributed by atoms with Crippen molar-refractivity contribution in [2.75, 3.05) is 6.61 Å². The van der Waals surface area contributed by atoms with Crippen LogP contribution in [0.1, 0.15) is 23.0 Å². The monoisotopic (exact) mass is 371 g/mol. The van der Waals surface area contributed by atoms with Crippen molar-refractivity contribution < 1.29 is 14.3 Å². The second kappa shape index (κ2) is 8.01. The summed E-state index contributed by atoms with van der Waals surface area (Å²) in [4.78, 5) is 15.3. The van der Waals surface area contributed by atoms with Gasteiger partial charge in [0.2, 0.25) is 0 Å². The number of carbonyl (C=O) groups excluding carboxylic acids is 1. The van der Waals surface area contributed by atoms with E-state index in [2.05, 4.69) is 4.98 Å². The minimum Gasteiger partial charge on any atom is -0.488 e. The molecule has 0 bridgehead atoms. The van der Waals surface area contributed by atoms with E-state index < -0.39 is 0 Å². The summed E-state index contributed by atoms with van der Waals surface area (Å²) in [6.07, 6.45) is 0. The minimum atomic E-state index is -0.349. The fourth-order valence-corrected chi connectivity index (χ4v) is 3.25. The summed E-state index contributed by atoms with van der Waals surface area (Å²) < 4.78 is 11.2. The van der Waals surface area contributed by atoms with Crippen LogP contribution in [0.4, 0.5) is 0 Å². The van der Waals surface area contributed by atoms with Gasteiger partial charge in [-0.2, -0.15) is 0 Å². The van der Waals surface area contributed by atoms with Crippen molar-refractivity contribution in [3.63, 3.8) is 0 Å². The highest BCUT2D eigenvalue weighted by atomic mass is 16.5. The number of para-hydroxylation sites is 2. The van der Waals surface area contributed by atoms with Crippen molar-refractivity contribution in [2.24, 2.45) is 0 Å². The van der Waals surface area contributed by atoms with Crippen molar-refractivity contribution >= 4 is 16.9 Å². The third-order valence-corrected chi connectivity index (χ3v) is 4.57. The molecule has 1 heterocycles. The fraction of sp³-hybridized carbons (Fsp3) is 0.125. The van der Waals surface area contributed by atoms with Crippen LogP contribution >= 0.6 is 0 Å². The standard InChI is InChI=1S/C24H21NO3/c1-2-27-24(26)21-15-18-11-8-13-20(23(18)25-21)19-12-6-7-14-22(19)28-16-17-9-4-3-5-10-17/h3-15,25H,2,16H2,1H3. The number of fused-ring (bicyclic) bond motifs is 1. The molecule has 0 unspecified atom stereocenters. The Labute approximate surface area is 163 Å². The summed E-state index contributed by atoms with van der Waals surface area (Å²) in [5.41, 5.74) is 4.41. The Hall–Kier alpha value is -3.53. The minimum absolute atomic E-state index is 0.344. The van der Waals surface area contributed by atoms with Gasteiger partial charge in [0.15, 0.2) is 0 Å². The maximum atomic E-state index is 12.1. The normalized spacial score (nSPS) is 10.8. The smallest absolute Gasteiger partial charge is 0.354 e. The molecule has 4 nitrogen and oxygen atoms in total. The zero-order valence-corrected chi connectivity index (χ0v) is 15.6. The topological polar surface area (TPSA) is 51.3 Å². The number of hydrogen-bond donors (Lipinski definition) is 1. The molecule has 0 aliphatic heterocycles. The Bertz CT molecular complexity index is 1100. The van der Waals surface area contributed by atoms with Gasteiger partial charge in [-0.1, -0.05) is 66.7 Å². The van der Waals surface area contributed by atoms with Crippen LogP contribution in [0.3, 0.4) is 0 Å². The lowest BCUT2D eigenvalue weighted by Crippen LogP contribution is -2.04. The number of aromatic amines is 1. The summed E-state index contributed by atoms with van der Waals surface area (Å²) in [6.45, 7) is 2.64. The van der Waals surface area contributed by atoms with Gasteiger partial charge in [-0.15, -0.1) is 0 Å². The lowest BCUT2D eigenvalue weighted by Gasteiger charge is -2.12. The molecule has 1 N–H and O–H groups in total. The Morgan fingerprint density at radius 3 is 2.46 bits per heavy atom. The van der Waals surface area contributed by atoms with Gasteiger partial charge in [0, 0.05) is 16.5 Å². The third-order valence-electron chi connectivity index (χ3n) is 4.57. The first-order valence-electron chi connectivity index (χ1n) is 9.31. The molecule has 4 heteroatoms. The molecule has 0 fully saturated rings. The van der Waals surface area contributed by atoms with E-state index in [9.17, 15) is 4.79 Å². The van der Waals surface area contributed by atoms with Crippen LogP contribution in [0.2, 0.25) is 0 Å². The number of ether oxygens (including phenoxy) is 2. The molecule has 0 saturated heterocycles. The lowest BCUT2D eigenvalue weighted by molar-refractivity contribution is 0.0520. The van der Waals surface area contributed by atoms with E-state index in [0.717, 1.165) is 33.3 Å². The zero-order chi connectivity index (χ0) is 19.3. The van der Waals surface area contributed by atoms with Gasteiger partial charge in [0.1, 0.15) is 18.1 Å². The quantitative estimate of drug-likeness (QED) is 0.450. The number of hydrogen-bond acceptors (Lipinski definition) is 3. The van der Waals surface area contributed by atoms with Crippen LogP contribution in [0.5, 0.6) is 5.75 Å². The molecule has 4 aromatic rings. The van der Waals surface area contributed by atoms with E-state index in [1.54, 1.807) is 6.92 Å². The van der Waals surface area contributed by atoms with Gasteiger partial charge < -0.3 is 14.5 Å². The summed E-state index contributed by atoms with van der Waals surface area (Å²) in [5.74, 6) is 0.449. The van der Waals surface area contributed by atoms with Crippen LogP contribution in [-0.2, 0) is 11.3 Å². The van der Waals surface area contributed by atoms with E-state index in [1.165, 1.54) is 0 Å². The molecule has 28 heavy (non-hydrogen) atoms. The third kappa shape index (κ3) is 3.62. The van der Waals surface area contributed by atoms with Crippen LogP contribution in [-0.4, -0.2) is 17.6 Å². The molecule has 140 valence electrons. The van der Waals surface area contributed by atoms with Gasteiger partial charge in [0.05, 0.1) is 12.1 Å². The Morgan fingerprint density at radius 2 is 1.64 bits per heavy atom. The molecule has 0 saturated carbocycles. The van der Waals surface area contributed by atoms with Gasteiger partial charge in [-0.3, -0.25) is 0 Å². The Morgan fingerprint density at radius 1 is 0.893 bits per heavy atom. The number of esters is 1. The molecule has 0 radical (unpaired) electrons. The van der Waals surface area contributed by atoms with Crippen molar-refractivity contribution in [2.45, 2.75) is 13.5 Å². The zero-order valence-electron chi connectivity index (χ0n) is 15.6. The molecule has 3 aromatic carbocycles. The maximum Gasteiger partial charge on any atom is 0.354 e. The van der Waals surface area contributed by atoms with E-state index >= 15 is 0 Å². The molecule has 0 aliphatic carbocycles. The SMILES string of the molecule is CCOC(=O)c1cc2cccc(-c3ccccc3OCc3ccccc3)c2[nH]1. The van der Waals surface area contributed by atoms with Gasteiger partial charge >= 0.3 is 5.97 Å². The second-order valence-electron chi connectivity index (χ2n) is 6.44. The maximum absolute atomic E-state index is 12.1. The highest BCUT2D eigenvalue weighted by Crippen LogP contribution is 2.35. The van der Waals surface area contributed by atoms with E-state index in [4.69, 9.17) is 9.47 Å². The summed E-state index contributed by atoms with van der Waals surface area (Å²) in [5, 5.41) is 0.957. The Balaban J connectivity index is 1.71. The first kappa shape index (κ1) is 17.9. The predicted octanol–water partition coefficient (Wildman–Crippen LogP) is 5.59. The molecular formula is C24H21NO3. The predicted molar refractivity (Wildman–Crippen MR) is 110 cm³/mol. The van der Waals surface area contributed by atoms with E-state index in [1.807, 2.05) is 78.9 Å². The van der Waals surface area contributed by atoms with Gasteiger partial charge in [0.25, 0.3) is 0 Å². The summed E-state index contributed by atoms with van der Waals surface area (Å²) in [7, 11) is 0. The van der Waals surface area contributed by atoms with Gasteiger partial charge in [-0.05, 0) is 24.6 Å². The number of nitrogens with one attached hydrogen (secondary N) is 1. The van der Waals surface area contributed by atoms with Crippen molar-refractivity contribution in [3.8, 4) is 16.9 Å². The molecular weight excluding hydrogens is 350 g/mol. The molecule has 0 atom stereocenters. The highest BCUT2D eigenvalue weighted by molar-refractivity contribution is 6.01. The van der Waals surface area contributed by atoms with Crippen LogP contribution < -0.4 is 4.74 Å². The summed E-state index contributed by atoms with van der Waals surface area (Å²) >= 11 is 0. The number of rotatable bonds is 6. The highest BCUT2D eigenvalue weighted by Gasteiger charge is 2.15. The van der Waals surface area contributed by atoms with Gasteiger partial charge in [-0.25, -0.2) is 4.79 Å². The first-order chi connectivity index (χ1) is 13.8.